The lowest BCUT2D eigenvalue weighted by Crippen LogP contribution is -1.87. The maximum atomic E-state index is 2.50. The van der Waals surface area contributed by atoms with E-state index >= 15 is 0 Å². The Labute approximate surface area is 489 Å². The summed E-state index contributed by atoms with van der Waals surface area (Å²) in [6.07, 6.45) is 27.5. The highest BCUT2D eigenvalue weighted by Crippen LogP contribution is 2.53. The molecule has 10 aromatic rings. The number of unbranched alkanes of at least 4 members (excludes halogenated alkanes) is 15. The zero-order chi connectivity index (χ0) is 52.6. The molecular formula is C70H76S7. The topological polar surface area (TPSA) is 0 Å². The van der Waals surface area contributed by atoms with Gasteiger partial charge >= 0.3 is 0 Å². The van der Waals surface area contributed by atoms with Crippen LogP contribution >= 0.6 is 79.4 Å². The highest BCUT2D eigenvalue weighted by atomic mass is 32.1. The average Bonchev–Trinajstić information content (AvgIpc) is 4.37. The van der Waals surface area contributed by atoms with Crippen LogP contribution in [-0.4, -0.2) is 0 Å². The molecule has 0 saturated carbocycles. The molecule has 0 aliphatic rings. The second-order valence-electron chi connectivity index (χ2n) is 21.0. The van der Waals surface area contributed by atoms with E-state index in [2.05, 4.69) is 171 Å². The number of aryl methyl sites for hydroxylation is 3. The fraction of sp³-hybridized carbons (Fsp3) is 0.343. The highest BCUT2D eigenvalue weighted by Gasteiger charge is 2.22. The zero-order valence-electron chi connectivity index (χ0n) is 45.6. The Balaban J connectivity index is 0.945. The summed E-state index contributed by atoms with van der Waals surface area (Å²) in [5, 5.41) is 4.42. The van der Waals surface area contributed by atoms with E-state index < -0.39 is 0 Å². The van der Waals surface area contributed by atoms with Crippen LogP contribution in [0, 0.1) is 0 Å². The molecule has 0 amide bonds. The number of benzene rings is 3. The third-order valence-corrected chi connectivity index (χ3v) is 23.5. The summed E-state index contributed by atoms with van der Waals surface area (Å²) in [5.74, 6) is 0. The molecule has 10 rings (SSSR count). The third kappa shape index (κ3) is 14.7. The fourth-order valence-electron chi connectivity index (χ4n) is 10.6. The molecule has 0 aliphatic heterocycles. The Bertz CT molecular complexity index is 3290. The van der Waals surface area contributed by atoms with Gasteiger partial charge in [-0.1, -0.05) is 202 Å². The molecule has 0 fully saturated rings. The minimum absolute atomic E-state index is 1.16. The predicted molar refractivity (Wildman–Crippen MR) is 352 cm³/mol. The van der Waals surface area contributed by atoms with Crippen LogP contribution < -0.4 is 0 Å². The molecule has 0 aliphatic carbocycles. The average molecular weight is 1140 g/mol. The van der Waals surface area contributed by atoms with Crippen molar-refractivity contribution in [2.24, 2.45) is 0 Å². The van der Waals surface area contributed by atoms with Crippen molar-refractivity contribution in [2.75, 3.05) is 0 Å². The van der Waals surface area contributed by atoms with Crippen LogP contribution in [0.25, 0.3) is 91.9 Å². The van der Waals surface area contributed by atoms with Gasteiger partial charge < -0.3 is 0 Å². The molecule has 0 N–H and O–H groups in total. The molecule has 7 aromatic heterocycles. The van der Waals surface area contributed by atoms with Crippen molar-refractivity contribution in [1.82, 2.24) is 0 Å². The van der Waals surface area contributed by atoms with E-state index in [1.54, 1.807) is 0 Å². The summed E-state index contributed by atoms with van der Waals surface area (Å²) < 4.78 is 0. The molecule has 398 valence electrons. The van der Waals surface area contributed by atoms with Gasteiger partial charge in [-0.05, 0) is 137 Å². The highest BCUT2D eigenvalue weighted by molar-refractivity contribution is 7.31. The van der Waals surface area contributed by atoms with Gasteiger partial charge in [0.15, 0.2) is 0 Å². The molecular weight excluding hydrogens is 1070 g/mol. The lowest BCUT2D eigenvalue weighted by atomic mass is 10.0. The first-order chi connectivity index (χ1) is 38.0. The van der Waals surface area contributed by atoms with Crippen LogP contribution in [0.15, 0.2) is 150 Å². The van der Waals surface area contributed by atoms with E-state index in [4.69, 9.17) is 0 Å². The number of hydrogen-bond acceptors (Lipinski definition) is 7. The van der Waals surface area contributed by atoms with Crippen molar-refractivity contribution < 1.29 is 0 Å². The van der Waals surface area contributed by atoms with Crippen LogP contribution in [0.2, 0.25) is 0 Å². The number of rotatable bonds is 30. The Morgan fingerprint density at radius 3 is 0.922 bits per heavy atom. The second kappa shape index (κ2) is 28.6. The summed E-state index contributed by atoms with van der Waals surface area (Å²) in [5.41, 5.74) is 12.3. The summed E-state index contributed by atoms with van der Waals surface area (Å²) in [4.78, 5) is 16.2. The van der Waals surface area contributed by atoms with Crippen molar-refractivity contribution in [1.29, 1.82) is 0 Å². The first-order valence-electron chi connectivity index (χ1n) is 29.0. The molecule has 0 saturated heterocycles. The van der Waals surface area contributed by atoms with Crippen LogP contribution in [-0.2, 0) is 19.3 Å². The van der Waals surface area contributed by atoms with Gasteiger partial charge in [-0.15, -0.1) is 79.4 Å². The molecule has 0 spiro atoms. The van der Waals surface area contributed by atoms with Gasteiger partial charge in [0.2, 0.25) is 0 Å². The second-order valence-corrected chi connectivity index (χ2v) is 28.2. The van der Waals surface area contributed by atoms with E-state index in [1.165, 1.54) is 237 Å². The quantitative estimate of drug-likeness (QED) is 0.0394. The van der Waals surface area contributed by atoms with Gasteiger partial charge in [0.25, 0.3) is 0 Å². The fourth-order valence-corrected chi connectivity index (χ4v) is 18.3. The third-order valence-electron chi connectivity index (χ3n) is 15.1. The van der Waals surface area contributed by atoms with Crippen molar-refractivity contribution in [3.05, 3.63) is 167 Å². The van der Waals surface area contributed by atoms with Crippen molar-refractivity contribution in [3.8, 4) is 91.9 Å². The lowest BCUT2D eigenvalue weighted by molar-refractivity contribution is 0.607. The smallest absolute Gasteiger partial charge is 0.0528 e. The van der Waals surface area contributed by atoms with Gasteiger partial charge in [0.1, 0.15) is 0 Å². The van der Waals surface area contributed by atoms with E-state index in [-0.39, 0.29) is 0 Å². The summed E-state index contributed by atoms with van der Waals surface area (Å²) in [7, 11) is 0. The van der Waals surface area contributed by atoms with E-state index in [0.29, 0.717) is 0 Å². The van der Waals surface area contributed by atoms with E-state index in [1.807, 2.05) is 79.4 Å². The van der Waals surface area contributed by atoms with Gasteiger partial charge in [-0.2, -0.15) is 0 Å². The van der Waals surface area contributed by atoms with Crippen molar-refractivity contribution >= 4 is 79.4 Å². The normalized spacial score (nSPS) is 11.6. The molecule has 0 bridgehead atoms. The Morgan fingerprint density at radius 1 is 0.260 bits per heavy atom. The lowest BCUT2D eigenvalue weighted by Gasteiger charge is -2.06. The maximum Gasteiger partial charge on any atom is 0.0528 e. The van der Waals surface area contributed by atoms with Crippen molar-refractivity contribution in [2.45, 2.75) is 156 Å². The molecule has 7 heteroatoms. The zero-order valence-corrected chi connectivity index (χ0v) is 51.4. The molecule has 7 heterocycles. The predicted octanol–water partition coefficient (Wildman–Crippen LogP) is 25.8. The van der Waals surface area contributed by atoms with E-state index in [9.17, 15) is 0 Å². The first-order valence-corrected chi connectivity index (χ1v) is 34.9. The van der Waals surface area contributed by atoms with Crippen LogP contribution in [0.4, 0.5) is 0 Å². The van der Waals surface area contributed by atoms with Crippen LogP contribution in [0.3, 0.4) is 0 Å². The molecule has 3 aromatic carbocycles. The Hall–Kier alpha value is -4.44. The van der Waals surface area contributed by atoms with Gasteiger partial charge in [0.05, 0.1) is 14.6 Å². The molecule has 0 atom stereocenters. The number of hydrogen-bond donors (Lipinski definition) is 0. The van der Waals surface area contributed by atoms with Crippen molar-refractivity contribution in [3.63, 3.8) is 0 Å². The van der Waals surface area contributed by atoms with Gasteiger partial charge in [-0.3, -0.25) is 0 Å². The Kier molecular flexibility index (Phi) is 20.8. The molecule has 0 radical (unpaired) electrons. The number of thiophene rings is 7. The van der Waals surface area contributed by atoms with E-state index in [0.717, 1.165) is 6.42 Å². The van der Waals surface area contributed by atoms with Crippen LogP contribution in [0.1, 0.15) is 153 Å². The largest absolute Gasteiger partial charge is 0.143 e. The SMILES string of the molecule is CCCCCCCCc1ccc(-c2cc(-c3ccc(-c4sc(-c5ccc(-c6sc(-c7cccs7)cc6-c6ccc(CCCCCCCC)cc6)s5)cc4-c4ccc(CCCCCCCC)cc4)s3)sc2-c2cccs2)cc1. The minimum atomic E-state index is 1.16. The monoisotopic (exact) mass is 1140 g/mol. The maximum absolute atomic E-state index is 2.50. The Morgan fingerprint density at radius 2 is 0.571 bits per heavy atom. The first kappa shape index (κ1) is 55.9. The van der Waals surface area contributed by atoms with Gasteiger partial charge in [0, 0.05) is 60.6 Å². The summed E-state index contributed by atoms with van der Waals surface area (Å²) in [6, 6.07) is 54.6. The summed E-state index contributed by atoms with van der Waals surface area (Å²) >= 11 is 13.5. The molecule has 77 heavy (non-hydrogen) atoms. The molecule has 0 unspecified atom stereocenters. The summed E-state index contributed by atoms with van der Waals surface area (Å²) in [6.45, 7) is 6.90. The minimum Gasteiger partial charge on any atom is -0.143 e. The standard InChI is InChI=1S/C70H76S7/c1-4-7-10-13-16-19-24-50-29-35-53(36-30-50)56-48-66(76-68(56)62-28-23-46-72-62)60-41-44-64(73-60)70-58(55-39-33-52(34-40-55)26-21-18-15-12-9-6-3)49-67(77-70)61-42-43-63(74-61)69-57(47-65(75-69)59-27-22-45-71-59)54-37-31-51(32-38-54)25-20-17-14-11-8-5-2/h22-23,27-49H,4-21,24-26H2,1-3H3. The van der Waals surface area contributed by atoms with Crippen LogP contribution in [0.5, 0.6) is 0 Å². The van der Waals surface area contributed by atoms with Gasteiger partial charge in [-0.25, -0.2) is 0 Å². The molecule has 0 nitrogen and oxygen atoms in total.